The van der Waals surface area contributed by atoms with E-state index in [9.17, 15) is 0 Å². The lowest BCUT2D eigenvalue weighted by atomic mass is 9.38. The van der Waals surface area contributed by atoms with Gasteiger partial charge in [-0.15, -0.1) is 0 Å². The zero-order valence-corrected chi connectivity index (χ0v) is 24.6. The summed E-state index contributed by atoms with van der Waals surface area (Å²) in [6, 6.07) is 0. The minimum Gasteiger partial charge on any atom is -0.432 e. The van der Waals surface area contributed by atoms with Crippen LogP contribution in [0.25, 0.3) is 0 Å². The standard InChI is InChI=1S/C30H52B2O2S2/c1-3-19-29(27(17-1)33-31-23-9-5-10-24(31)12-6-11-23)35-21-22-36-30-20-4-2-18-28(30)34-32-25-13-7-14-26(32)16-8-15-25/h23-30H,1-22H2. The van der Waals surface area contributed by atoms with Crippen LogP contribution in [0, 0.1) is 0 Å². The highest BCUT2D eigenvalue weighted by molar-refractivity contribution is 8.03. The highest BCUT2D eigenvalue weighted by Crippen LogP contribution is 2.49. The molecule has 6 fully saturated rings. The molecule has 0 radical (unpaired) electrons. The molecule has 0 N–H and O–H groups in total. The fourth-order valence-corrected chi connectivity index (χ4v) is 12.2. The summed E-state index contributed by atoms with van der Waals surface area (Å²) >= 11 is 4.55. The molecule has 4 aliphatic heterocycles. The van der Waals surface area contributed by atoms with Gasteiger partial charge in [0.05, 0.1) is 12.2 Å². The van der Waals surface area contributed by atoms with Crippen LogP contribution in [-0.4, -0.2) is 48.0 Å². The Bertz CT molecular complexity index is 583. The van der Waals surface area contributed by atoms with Gasteiger partial charge >= 0.3 is 0 Å². The van der Waals surface area contributed by atoms with Crippen LogP contribution in [0.3, 0.4) is 0 Å². The van der Waals surface area contributed by atoms with Crippen molar-refractivity contribution < 1.29 is 9.31 Å². The minimum absolute atomic E-state index is 0.538. The molecule has 0 spiro atoms. The minimum atomic E-state index is 0.538. The lowest BCUT2D eigenvalue weighted by molar-refractivity contribution is 0.142. The summed E-state index contributed by atoms with van der Waals surface area (Å²) in [7, 11) is 0. The van der Waals surface area contributed by atoms with E-state index in [4.69, 9.17) is 9.31 Å². The van der Waals surface area contributed by atoms with E-state index in [0.717, 1.165) is 33.8 Å². The van der Waals surface area contributed by atoms with Crippen LogP contribution < -0.4 is 0 Å². The third kappa shape index (κ3) is 6.55. The maximum absolute atomic E-state index is 7.05. The lowest BCUT2D eigenvalue weighted by Gasteiger charge is -2.43. The molecule has 4 atom stereocenters. The first-order valence-corrected chi connectivity index (χ1v) is 18.5. The molecule has 6 heteroatoms. The van der Waals surface area contributed by atoms with Crippen molar-refractivity contribution >= 4 is 37.4 Å². The van der Waals surface area contributed by atoms with Crippen molar-refractivity contribution in [1.82, 2.24) is 0 Å². The summed E-state index contributed by atoms with van der Waals surface area (Å²) in [5, 5.41) is 1.50. The molecule has 0 amide bonds. The van der Waals surface area contributed by atoms with Crippen molar-refractivity contribution in [3.05, 3.63) is 0 Å². The molecule has 2 aliphatic carbocycles. The van der Waals surface area contributed by atoms with Crippen LogP contribution >= 0.6 is 23.5 Å². The van der Waals surface area contributed by atoms with Gasteiger partial charge in [0.25, 0.3) is 13.8 Å². The molecule has 202 valence electrons. The number of fused-ring (bicyclic) bond motifs is 4. The number of hydrogen-bond donors (Lipinski definition) is 0. The Morgan fingerprint density at radius 3 is 1.11 bits per heavy atom. The second-order valence-corrected chi connectivity index (χ2v) is 16.1. The quantitative estimate of drug-likeness (QED) is 0.218. The van der Waals surface area contributed by atoms with E-state index in [2.05, 4.69) is 23.5 Å². The van der Waals surface area contributed by atoms with Crippen molar-refractivity contribution in [2.75, 3.05) is 11.5 Å². The molecule has 4 saturated heterocycles. The third-order valence-electron chi connectivity index (χ3n) is 11.2. The van der Waals surface area contributed by atoms with Crippen molar-refractivity contribution in [1.29, 1.82) is 0 Å². The van der Waals surface area contributed by atoms with Crippen LogP contribution in [-0.2, 0) is 9.31 Å². The van der Waals surface area contributed by atoms with E-state index in [0.29, 0.717) is 26.0 Å². The highest BCUT2D eigenvalue weighted by atomic mass is 32.2. The second-order valence-electron chi connectivity index (χ2n) is 13.4. The molecule has 4 heterocycles. The molecule has 4 bridgehead atoms. The van der Waals surface area contributed by atoms with Crippen molar-refractivity contribution in [2.45, 2.75) is 174 Å². The fraction of sp³-hybridized carbons (Fsp3) is 1.00. The van der Waals surface area contributed by atoms with Gasteiger partial charge in [-0.3, -0.25) is 0 Å². The van der Waals surface area contributed by atoms with Crippen molar-refractivity contribution in [2.24, 2.45) is 0 Å². The summed E-state index contributed by atoms with van der Waals surface area (Å²) in [5.41, 5.74) is 0. The zero-order valence-electron chi connectivity index (χ0n) is 23.0. The topological polar surface area (TPSA) is 18.5 Å². The molecule has 0 aromatic carbocycles. The Morgan fingerprint density at radius 2 is 0.750 bits per heavy atom. The molecular weight excluding hydrogens is 478 g/mol. The second kappa shape index (κ2) is 13.4. The van der Waals surface area contributed by atoms with Gasteiger partial charge in [-0.2, -0.15) is 23.5 Å². The predicted octanol–water partition coefficient (Wildman–Crippen LogP) is 9.31. The Hall–Kier alpha value is 0.750. The molecule has 36 heavy (non-hydrogen) atoms. The van der Waals surface area contributed by atoms with Crippen LogP contribution in [0.1, 0.15) is 128 Å². The van der Waals surface area contributed by atoms with Gasteiger partial charge in [0.15, 0.2) is 0 Å². The van der Waals surface area contributed by atoms with E-state index in [1.54, 1.807) is 0 Å². The maximum Gasteiger partial charge on any atom is 0.299 e. The average molecular weight is 531 g/mol. The summed E-state index contributed by atoms with van der Waals surface area (Å²) < 4.78 is 14.1. The first-order chi connectivity index (χ1) is 17.8. The Balaban J connectivity index is 0.968. The van der Waals surface area contributed by atoms with Crippen LogP contribution in [0.5, 0.6) is 0 Å². The molecule has 6 rings (SSSR count). The number of rotatable bonds is 9. The zero-order chi connectivity index (χ0) is 24.2. The van der Waals surface area contributed by atoms with Crippen molar-refractivity contribution in [3.63, 3.8) is 0 Å². The van der Waals surface area contributed by atoms with Gasteiger partial charge in [0, 0.05) is 22.0 Å². The number of thioether (sulfide) groups is 2. The van der Waals surface area contributed by atoms with Gasteiger partial charge in [-0.1, -0.05) is 103 Å². The van der Waals surface area contributed by atoms with Gasteiger partial charge < -0.3 is 9.31 Å². The summed E-state index contributed by atoms with van der Waals surface area (Å²) in [6.07, 6.45) is 29.5. The largest absolute Gasteiger partial charge is 0.432 e. The maximum atomic E-state index is 7.05. The van der Waals surface area contributed by atoms with E-state index in [-0.39, 0.29) is 0 Å². The summed E-state index contributed by atoms with van der Waals surface area (Å²) in [5.74, 6) is 6.15. The Morgan fingerprint density at radius 1 is 0.417 bits per heavy atom. The molecule has 2 nitrogen and oxygen atoms in total. The van der Waals surface area contributed by atoms with Crippen LogP contribution in [0.2, 0.25) is 23.3 Å². The summed E-state index contributed by atoms with van der Waals surface area (Å²) in [6.45, 7) is 1.21. The third-order valence-corrected chi connectivity index (χ3v) is 14.2. The molecule has 4 unspecified atom stereocenters. The monoisotopic (exact) mass is 530 g/mol. The predicted molar refractivity (Wildman–Crippen MR) is 161 cm³/mol. The SMILES string of the molecule is C1CC2CCCC(C1)B2OC1CCCCC1SCCSC1CCCCC1OB1C2CCCC1CCC2. The Labute approximate surface area is 231 Å². The molecule has 0 aromatic rings. The lowest BCUT2D eigenvalue weighted by Crippen LogP contribution is -2.44. The van der Waals surface area contributed by atoms with Gasteiger partial charge in [-0.25, -0.2) is 0 Å². The van der Waals surface area contributed by atoms with Gasteiger partial charge in [0.1, 0.15) is 0 Å². The normalized spacial score (nSPS) is 41.3. The van der Waals surface area contributed by atoms with E-state index < -0.39 is 0 Å². The van der Waals surface area contributed by atoms with Crippen LogP contribution in [0.15, 0.2) is 0 Å². The molecular formula is C30H52B2O2S2. The summed E-state index contributed by atoms with van der Waals surface area (Å²) in [4.78, 5) is 0. The smallest absolute Gasteiger partial charge is 0.299 e. The van der Waals surface area contributed by atoms with E-state index >= 15 is 0 Å². The number of hydrogen-bond acceptors (Lipinski definition) is 4. The van der Waals surface area contributed by atoms with E-state index in [1.165, 1.54) is 140 Å². The highest BCUT2D eigenvalue weighted by Gasteiger charge is 2.45. The average Bonchev–Trinajstić information content (AvgIpc) is 2.88. The molecule has 2 saturated carbocycles. The molecule has 0 aromatic heterocycles. The van der Waals surface area contributed by atoms with Gasteiger partial charge in [-0.05, 0) is 49.0 Å². The molecule has 6 aliphatic rings. The van der Waals surface area contributed by atoms with Crippen LogP contribution in [0.4, 0.5) is 0 Å². The van der Waals surface area contributed by atoms with Gasteiger partial charge in [0.2, 0.25) is 0 Å². The van der Waals surface area contributed by atoms with Crippen molar-refractivity contribution in [3.8, 4) is 0 Å². The van der Waals surface area contributed by atoms with E-state index in [1.807, 2.05) is 0 Å². The fourth-order valence-electron chi connectivity index (χ4n) is 9.30. The Kier molecular flexibility index (Phi) is 10.0. The first-order valence-electron chi connectivity index (χ1n) is 16.4. The first kappa shape index (κ1) is 26.9.